The van der Waals surface area contributed by atoms with Gasteiger partial charge in [0, 0.05) is 11.9 Å². The van der Waals surface area contributed by atoms with Crippen LogP contribution in [0.25, 0.3) is 21.9 Å². The van der Waals surface area contributed by atoms with Crippen LogP contribution in [0.1, 0.15) is 12.5 Å². The Labute approximate surface area is 159 Å². The molecule has 28 heavy (non-hydrogen) atoms. The van der Waals surface area contributed by atoms with Crippen molar-refractivity contribution in [2.24, 2.45) is 0 Å². The van der Waals surface area contributed by atoms with Crippen LogP contribution in [-0.2, 0) is 11.3 Å². The molecule has 0 aliphatic heterocycles. The number of halogens is 1. The van der Waals surface area contributed by atoms with E-state index in [2.05, 4.69) is 5.10 Å². The number of para-hydroxylation sites is 1. The molecule has 0 atom stereocenters. The number of nitrogens with zero attached hydrogens (tertiary/aromatic N) is 3. The SMILES string of the molecule is CCN(C(=O)Cn1ncc2c(=O)oc3ccc(C)cc3c21)c1ccccc1F. The molecule has 2 aromatic heterocycles. The highest BCUT2D eigenvalue weighted by atomic mass is 19.1. The van der Waals surface area contributed by atoms with Gasteiger partial charge in [-0.05, 0) is 38.1 Å². The number of benzene rings is 2. The topological polar surface area (TPSA) is 68.3 Å². The molecular weight excluding hydrogens is 361 g/mol. The third-order valence-corrected chi connectivity index (χ3v) is 4.70. The molecular formula is C21H18FN3O3. The highest BCUT2D eigenvalue weighted by Gasteiger charge is 2.20. The van der Waals surface area contributed by atoms with Gasteiger partial charge in [0.05, 0.1) is 17.4 Å². The summed E-state index contributed by atoms with van der Waals surface area (Å²) in [5, 5.41) is 5.23. The minimum atomic E-state index is -0.508. The van der Waals surface area contributed by atoms with Crippen LogP contribution in [0.15, 0.2) is 57.9 Å². The van der Waals surface area contributed by atoms with Gasteiger partial charge in [0.1, 0.15) is 23.3 Å². The van der Waals surface area contributed by atoms with Gasteiger partial charge in [-0.25, -0.2) is 9.18 Å². The van der Waals surface area contributed by atoms with E-state index in [9.17, 15) is 14.0 Å². The molecule has 2 aromatic carbocycles. The molecule has 6 nitrogen and oxygen atoms in total. The number of likely N-dealkylation sites (N-methyl/N-ethyl adjacent to an activating group) is 1. The Balaban J connectivity index is 1.80. The maximum absolute atomic E-state index is 14.2. The molecule has 0 aliphatic rings. The Kier molecular flexibility index (Phi) is 4.43. The summed E-state index contributed by atoms with van der Waals surface area (Å²) in [6, 6.07) is 11.6. The van der Waals surface area contributed by atoms with Crippen molar-refractivity contribution >= 4 is 33.5 Å². The smallest absolute Gasteiger partial charge is 0.347 e. The second-order valence-corrected chi connectivity index (χ2v) is 6.54. The molecule has 0 bridgehead atoms. The lowest BCUT2D eigenvalue weighted by atomic mass is 10.1. The van der Waals surface area contributed by atoms with Gasteiger partial charge in [0.25, 0.3) is 0 Å². The van der Waals surface area contributed by atoms with E-state index in [0.29, 0.717) is 28.4 Å². The summed E-state index contributed by atoms with van der Waals surface area (Å²) in [4.78, 5) is 26.6. The number of amides is 1. The summed E-state index contributed by atoms with van der Waals surface area (Å²) in [7, 11) is 0. The minimum Gasteiger partial charge on any atom is -0.422 e. The van der Waals surface area contributed by atoms with E-state index < -0.39 is 11.4 Å². The predicted molar refractivity (Wildman–Crippen MR) is 105 cm³/mol. The number of rotatable bonds is 4. The van der Waals surface area contributed by atoms with Gasteiger partial charge < -0.3 is 9.32 Å². The summed E-state index contributed by atoms with van der Waals surface area (Å²) >= 11 is 0. The van der Waals surface area contributed by atoms with E-state index >= 15 is 0 Å². The van der Waals surface area contributed by atoms with Crippen molar-refractivity contribution in [1.82, 2.24) is 9.78 Å². The molecule has 0 aliphatic carbocycles. The zero-order chi connectivity index (χ0) is 19.8. The average molecular weight is 379 g/mol. The standard InChI is InChI=1S/C21H18FN3O3/c1-3-24(17-7-5-4-6-16(17)22)19(26)12-25-20-14-10-13(2)8-9-18(14)28-21(27)15(20)11-23-25/h4-11H,3,12H2,1-2H3. The fourth-order valence-corrected chi connectivity index (χ4v) is 3.38. The first kappa shape index (κ1) is 17.9. The Bertz CT molecular complexity index is 1260. The Hall–Kier alpha value is -3.48. The van der Waals surface area contributed by atoms with Crippen LogP contribution in [0, 0.1) is 12.7 Å². The number of hydrogen-bond donors (Lipinski definition) is 0. The fourth-order valence-electron chi connectivity index (χ4n) is 3.38. The molecule has 0 fully saturated rings. The highest BCUT2D eigenvalue weighted by Crippen LogP contribution is 2.24. The molecule has 0 unspecified atom stereocenters. The van der Waals surface area contributed by atoms with Crippen molar-refractivity contribution < 1.29 is 13.6 Å². The lowest BCUT2D eigenvalue weighted by Gasteiger charge is -2.21. The van der Waals surface area contributed by atoms with Crippen molar-refractivity contribution in [2.75, 3.05) is 11.4 Å². The first-order valence-electron chi connectivity index (χ1n) is 8.93. The largest absolute Gasteiger partial charge is 0.422 e. The first-order valence-corrected chi connectivity index (χ1v) is 8.93. The second kappa shape index (κ2) is 6.92. The van der Waals surface area contributed by atoms with Gasteiger partial charge in [-0.2, -0.15) is 5.10 Å². The van der Waals surface area contributed by atoms with Gasteiger partial charge in [-0.15, -0.1) is 0 Å². The third-order valence-electron chi connectivity index (χ3n) is 4.70. The Morgan fingerprint density at radius 1 is 1.21 bits per heavy atom. The molecule has 0 N–H and O–H groups in total. The monoisotopic (exact) mass is 379 g/mol. The normalized spacial score (nSPS) is 11.2. The van der Waals surface area contributed by atoms with E-state index in [4.69, 9.17) is 4.42 Å². The quantitative estimate of drug-likeness (QED) is 0.508. The number of aryl methyl sites for hydroxylation is 1. The Morgan fingerprint density at radius 3 is 2.75 bits per heavy atom. The maximum Gasteiger partial charge on any atom is 0.347 e. The molecule has 2 heterocycles. The van der Waals surface area contributed by atoms with Crippen LogP contribution in [0.5, 0.6) is 0 Å². The Morgan fingerprint density at radius 2 is 2.00 bits per heavy atom. The molecule has 7 heteroatoms. The van der Waals surface area contributed by atoms with Gasteiger partial charge in [0.15, 0.2) is 0 Å². The summed E-state index contributed by atoms with van der Waals surface area (Å²) in [6.07, 6.45) is 1.40. The molecule has 0 radical (unpaired) electrons. The molecule has 0 saturated heterocycles. The molecule has 142 valence electrons. The molecule has 4 rings (SSSR count). The summed E-state index contributed by atoms with van der Waals surface area (Å²) < 4.78 is 21.0. The summed E-state index contributed by atoms with van der Waals surface area (Å²) in [5.74, 6) is -0.795. The molecule has 1 amide bonds. The van der Waals surface area contributed by atoms with Crippen LogP contribution >= 0.6 is 0 Å². The zero-order valence-corrected chi connectivity index (χ0v) is 15.5. The summed E-state index contributed by atoms with van der Waals surface area (Å²) in [6.45, 7) is 3.89. The third kappa shape index (κ3) is 2.94. The molecule has 4 aromatic rings. The van der Waals surface area contributed by atoms with E-state index in [-0.39, 0.29) is 18.1 Å². The van der Waals surface area contributed by atoms with E-state index in [1.165, 1.54) is 21.8 Å². The first-order chi connectivity index (χ1) is 13.5. The van der Waals surface area contributed by atoms with Crippen molar-refractivity contribution in [3.63, 3.8) is 0 Å². The average Bonchev–Trinajstić information content (AvgIpc) is 3.09. The number of anilines is 1. The van der Waals surface area contributed by atoms with Crippen LogP contribution in [0.2, 0.25) is 0 Å². The number of carbonyl (C=O) groups is 1. The van der Waals surface area contributed by atoms with Crippen molar-refractivity contribution in [1.29, 1.82) is 0 Å². The van der Waals surface area contributed by atoms with E-state index in [0.717, 1.165) is 5.56 Å². The van der Waals surface area contributed by atoms with Crippen molar-refractivity contribution in [3.8, 4) is 0 Å². The maximum atomic E-state index is 14.2. The molecule has 0 saturated carbocycles. The molecule has 0 spiro atoms. The van der Waals surface area contributed by atoms with Crippen molar-refractivity contribution in [2.45, 2.75) is 20.4 Å². The van der Waals surface area contributed by atoms with Crippen molar-refractivity contribution in [3.05, 3.63) is 70.5 Å². The second-order valence-electron chi connectivity index (χ2n) is 6.54. The van der Waals surface area contributed by atoms with Crippen LogP contribution < -0.4 is 10.5 Å². The summed E-state index contributed by atoms with van der Waals surface area (Å²) in [5.41, 5.74) is 1.66. The van der Waals surface area contributed by atoms with Crippen LogP contribution in [0.3, 0.4) is 0 Å². The number of carbonyl (C=O) groups excluding carboxylic acids is 1. The van der Waals surface area contributed by atoms with Gasteiger partial charge >= 0.3 is 5.63 Å². The fraction of sp³-hybridized carbons (Fsp3) is 0.190. The lowest BCUT2D eigenvalue weighted by molar-refractivity contribution is -0.119. The number of aromatic nitrogens is 2. The van der Waals surface area contributed by atoms with E-state index in [1.807, 2.05) is 19.1 Å². The van der Waals surface area contributed by atoms with Crippen LogP contribution in [-0.4, -0.2) is 22.2 Å². The highest BCUT2D eigenvalue weighted by molar-refractivity contribution is 6.03. The number of hydrogen-bond acceptors (Lipinski definition) is 4. The number of fused-ring (bicyclic) bond motifs is 3. The van der Waals surface area contributed by atoms with Crippen LogP contribution in [0.4, 0.5) is 10.1 Å². The van der Waals surface area contributed by atoms with E-state index in [1.54, 1.807) is 31.2 Å². The van der Waals surface area contributed by atoms with Gasteiger partial charge in [0.2, 0.25) is 5.91 Å². The predicted octanol–water partition coefficient (Wildman–Crippen LogP) is 3.64. The van der Waals surface area contributed by atoms with Gasteiger partial charge in [-0.1, -0.05) is 23.8 Å². The zero-order valence-electron chi connectivity index (χ0n) is 15.5. The van der Waals surface area contributed by atoms with Gasteiger partial charge in [-0.3, -0.25) is 9.48 Å². The lowest BCUT2D eigenvalue weighted by Crippen LogP contribution is -2.34. The minimum absolute atomic E-state index is 0.127.